The maximum Gasteiger partial charge on any atom is 0.310 e. The van der Waals surface area contributed by atoms with E-state index in [1.54, 1.807) is 0 Å². The van der Waals surface area contributed by atoms with Crippen molar-refractivity contribution in [3.05, 3.63) is 46.7 Å². The summed E-state index contributed by atoms with van der Waals surface area (Å²) in [6, 6.07) is 7.80. The van der Waals surface area contributed by atoms with E-state index in [0.717, 1.165) is 18.4 Å². The van der Waals surface area contributed by atoms with E-state index in [1.165, 1.54) is 39.9 Å². The first-order valence-electron chi connectivity index (χ1n) is 8.52. The fraction of sp³-hybridized carbons (Fsp3) is 0.333. The second kappa shape index (κ2) is 8.64. The molecule has 1 aliphatic heterocycles. The molecule has 3 rings (SSSR count). The zero-order valence-corrected chi connectivity index (χ0v) is 16.2. The molecule has 1 aromatic heterocycles. The van der Waals surface area contributed by atoms with Gasteiger partial charge in [0.05, 0.1) is 11.3 Å². The zero-order valence-electron chi connectivity index (χ0n) is 14.6. The number of esters is 1. The number of hydrogen-bond acceptors (Lipinski definition) is 6. The summed E-state index contributed by atoms with van der Waals surface area (Å²) < 4.78 is 31.3. The van der Waals surface area contributed by atoms with Crippen LogP contribution in [-0.2, 0) is 30.8 Å². The van der Waals surface area contributed by atoms with Crippen molar-refractivity contribution in [2.45, 2.75) is 24.2 Å². The van der Waals surface area contributed by atoms with Crippen LogP contribution in [0.1, 0.15) is 18.4 Å². The Morgan fingerprint density at radius 2 is 1.81 bits per heavy atom. The van der Waals surface area contributed by atoms with E-state index in [1.807, 2.05) is 16.8 Å². The molecule has 0 bridgehead atoms. The van der Waals surface area contributed by atoms with Crippen LogP contribution in [0.2, 0.25) is 0 Å². The summed E-state index contributed by atoms with van der Waals surface area (Å²) in [4.78, 5) is 23.8. The average molecular weight is 409 g/mol. The van der Waals surface area contributed by atoms with E-state index in [9.17, 15) is 18.0 Å². The minimum Gasteiger partial charge on any atom is -0.455 e. The van der Waals surface area contributed by atoms with Crippen molar-refractivity contribution in [2.24, 2.45) is 0 Å². The number of carbonyl (C=O) groups is 2. The Labute approximate surface area is 162 Å². The number of hydrogen-bond donors (Lipinski definition) is 1. The predicted octanol–water partition coefficient (Wildman–Crippen LogP) is 2.26. The Hall–Kier alpha value is -2.23. The SMILES string of the molecule is O=C(COC(=O)Cc1ccsc1)Nc1ccc(S(=O)(=O)N2CCCC2)cc1. The molecule has 2 heterocycles. The van der Waals surface area contributed by atoms with Crippen molar-refractivity contribution in [1.29, 1.82) is 0 Å². The molecule has 27 heavy (non-hydrogen) atoms. The molecule has 1 saturated heterocycles. The molecule has 0 aliphatic carbocycles. The summed E-state index contributed by atoms with van der Waals surface area (Å²) in [5.41, 5.74) is 1.29. The van der Waals surface area contributed by atoms with Gasteiger partial charge in [-0.3, -0.25) is 9.59 Å². The molecule has 0 saturated carbocycles. The van der Waals surface area contributed by atoms with Gasteiger partial charge in [-0.2, -0.15) is 15.6 Å². The van der Waals surface area contributed by atoms with Crippen LogP contribution in [0, 0.1) is 0 Å². The lowest BCUT2D eigenvalue weighted by Gasteiger charge is -2.15. The Bertz CT molecular complexity index is 886. The quantitative estimate of drug-likeness (QED) is 0.710. The molecule has 2 aromatic rings. The zero-order chi connectivity index (χ0) is 19.3. The summed E-state index contributed by atoms with van der Waals surface area (Å²) in [5.74, 6) is -0.959. The number of anilines is 1. The molecule has 144 valence electrons. The van der Waals surface area contributed by atoms with Crippen LogP contribution in [0.4, 0.5) is 5.69 Å². The highest BCUT2D eigenvalue weighted by atomic mass is 32.2. The largest absolute Gasteiger partial charge is 0.455 e. The second-order valence-electron chi connectivity index (χ2n) is 6.15. The molecule has 0 radical (unpaired) electrons. The molecule has 1 aromatic carbocycles. The maximum absolute atomic E-state index is 12.5. The van der Waals surface area contributed by atoms with Crippen molar-refractivity contribution >= 4 is 38.9 Å². The summed E-state index contributed by atoms with van der Waals surface area (Å²) >= 11 is 1.49. The molecule has 1 amide bonds. The molecular formula is C18H20N2O5S2. The van der Waals surface area contributed by atoms with Crippen LogP contribution < -0.4 is 5.32 Å². The summed E-state index contributed by atoms with van der Waals surface area (Å²) in [6.07, 6.45) is 1.87. The van der Waals surface area contributed by atoms with Crippen molar-refractivity contribution in [1.82, 2.24) is 4.31 Å². The smallest absolute Gasteiger partial charge is 0.310 e. The van der Waals surface area contributed by atoms with Gasteiger partial charge in [-0.1, -0.05) is 0 Å². The minimum atomic E-state index is -3.48. The van der Waals surface area contributed by atoms with Gasteiger partial charge in [-0.25, -0.2) is 8.42 Å². The van der Waals surface area contributed by atoms with Crippen molar-refractivity contribution in [3.8, 4) is 0 Å². The minimum absolute atomic E-state index is 0.125. The van der Waals surface area contributed by atoms with Crippen LogP contribution in [0.3, 0.4) is 0 Å². The third-order valence-corrected chi connectivity index (χ3v) is 6.78. The van der Waals surface area contributed by atoms with Crippen molar-refractivity contribution in [2.75, 3.05) is 25.0 Å². The van der Waals surface area contributed by atoms with Crippen LogP contribution in [-0.4, -0.2) is 44.3 Å². The number of nitrogens with one attached hydrogen (secondary N) is 1. The van der Waals surface area contributed by atoms with Gasteiger partial charge in [-0.05, 0) is 59.5 Å². The Morgan fingerprint density at radius 1 is 1.11 bits per heavy atom. The number of thiophene rings is 1. The summed E-state index contributed by atoms with van der Waals surface area (Å²) in [6.45, 7) is 0.686. The van der Waals surface area contributed by atoms with E-state index >= 15 is 0 Å². The van der Waals surface area contributed by atoms with Crippen LogP contribution in [0.5, 0.6) is 0 Å². The number of carbonyl (C=O) groups excluding carboxylic acids is 2. The lowest BCUT2D eigenvalue weighted by Crippen LogP contribution is -2.27. The molecule has 7 nitrogen and oxygen atoms in total. The highest BCUT2D eigenvalue weighted by Crippen LogP contribution is 2.22. The fourth-order valence-electron chi connectivity index (χ4n) is 2.74. The van der Waals surface area contributed by atoms with Crippen LogP contribution in [0.25, 0.3) is 0 Å². The van der Waals surface area contributed by atoms with Gasteiger partial charge in [0.25, 0.3) is 5.91 Å². The number of amides is 1. The highest BCUT2D eigenvalue weighted by molar-refractivity contribution is 7.89. The normalized spacial score (nSPS) is 14.8. The first-order valence-corrected chi connectivity index (χ1v) is 10.9. The Morgan fingerprint density at radius 3 is 2.44 bits per heavy atom. The molecule has 9 heteroatoms. The van der Waals surface area contributed by atoms with Gasteiger partial charge in [0.1, 0.15) is 0 Å². The van der Waals surface area contributed by atoms with Gasteiger partial charge in [-0.15, -0.1) is 0 Å². The van der Waals surface area contributed by atoms with Gasteiger partial charge in [0.15, 0.2) is 6.61 Å². The summed E-state index contributed by atoms with van der Waals surface area (Å²) in [7, 11) is -3.48. The molecule has 1 N–H and O–H groups in total. The first-order chi connectivity index (χ1) is 12.9. The molecule has 1 aliphatic rings. The van der Waals surface area contributed by atoms with E-state index in [-0.39, 0.29) is 11.3 Å². The second-order valence-corrected chi connectivity index (χ2v) is 8.87. The van der Waals surface area contributed by atoms with E-state index < -0.39 is 28.5 Å². The third kappa shape index (κ3) is 5.15. The monoisotopic (exact) mass is 408 g/mol. The first kappa shape index (κ1) is 19.5. The van der Waals surface area contributed by atoms with E-state index in [2.05, 4.69) is 5.32 Å². The molecule has 0 unspecified atom stereocenters. The number of ether oxygens (including phenoxy) is 1. The van der Waals surface area contributed by atoms with Crippen LogP contribution in [0.15, 0.2) is 46.0 Å². The number of sulfonamides is 1. The average Bonchev–Trinajstić information content (AvgIpc) is 3.34. The van der Waals surface area contributed by atoms with E-state index in [4.69, 9.17) is 4.74 Å². The Balaban J connectivity index is 1.50. The highest BCUT2D eigenvalue weighted by Gasteiger charge is 2.26. The summed E-state index contributed by atoms with van der Waals surface area (Å²) in [5, 5.41) is 6.29. The standard InChI is InChI=1S/C18H20N2O5S2/c21-17(12-25-18(22)11-14-7-10-26-13-14)19-15-3-5-16(6-4-15)27(23,24)20-8-1-2-9-20/h3-7,10,13H,1-2,8-9,11-12H2,(H,19,21). The lowest BCUT2D eigenvalue weighted by molar-refractivity contribution is -0.146. The van der Waals surface area contributed by atoms with Crippen molar-refractivity contribution in [3.63, 3.8) is 0 Å². The lowest BCUT2D eigenvalue weighted by atomic mass is 10.2. The molecule has 0 spiro atoms. The predicted molar refractivity (Wildman–Crippen MR) is 102 cm³/mol. The van der Waals surface area contributed by atoms with Crippen LogP contribution >= 0.6 is 11.3 Å². The van der Waals surface area contributed by atoms with Crippen molar-refractivity contribution < 1.29 is 22.7 Å². The van der Waals surface area contributed by atoms with Gasteiger partial charge < -0.3 is 10.1 Å². The Kier molecular flexibility index (Phi) is 6.25. The molecule has 1 fully saturated rings. The number of rotatable bonds is 7. The number of nitrogens with zero attached hydrogens (tertiary/aromatic N) is 1. The van der Waals surface area contributed by atoms with E-state index in [0.29, 0.717) is 18.8 Å². The topological polar surface area (TPSA) is 92.8 Å². The molecular weight excluding hydrogens is 388 g/mol. The number of benzene rings is 1. The van der Waals surface area contributed by atoms with Gasteiger partial charge in [0, 0.05) is 18.8 Å². The molecule has 0 atom stereocenters. The maximum atomic E-state index is 12.5. The third-order valence-electron chi connectivity index (χ3n) is 4.13. The fourth-order valence-corrected chi connectivity index (χ4v) is 4.93. The van der Waals surface area contributed by atoms with Gasteiger partial charge in [0.2, 0.25) is 10.0 Å². The van der Waals surface area contributed by atoms with Gasteiger partial charge >= 0.3 is 5.97 Å².